The fourth-order valence-electron chi connectivity index (χ4n) is 3.73. The first-order valence-corrected chi connectivity index (χ1v) is 11.4. The fourth-order valence-corrected chi connectivity index (χ4v) is 5.64. The summed E-state index contributed by atoms with van der Waals surface area (Å²) >= 11 is 0. The molecule has 0 bridgehead atoms. The number of amides is 2. The summed E-state index contributed by atoms with van der Waals surface area (Å²) in [5.74, 6) is -1.38. The highest BCUT2D eigenvalue weighted by Crippen LogP contribution is 2.37. The van der Waals surface area contributed by atoms with Gasteiger partial charge in [0.1, 0.15) is 12.6 Å². The number of benzene rings is 2. The van der Waals surface area contributed by atoms with Crippen molar-refractivity contribution in [3.8, 4) is 6.07 Å². The van der Waals surface area contributed by atoms with Crippen molar-refractivity contribution in [2.75, 3.05) is 13.1 Å². The molecule has 0 aliphatic carbocycles. The SMILES string of the molecule is Cc1ccc(C(=O)N2CC(S(=O)(=O)c3ccccc3C(F)(F)F)CC2C(=O)NCC#N)cc1. The molecule has 1 aliphatic rings. The van der Waals surface area contributed by atoms with Gasteiger partial charge in [0, 0.05) is 12.1 Å². The zero-order valence-corrected chi connectivity index (χ0v) is 18.3. The molecule has 2 aromatic carbocycles. The first kappa shape index (κ1) is 24.3. The van der Waals surface area contributed by atoms with Gasteiger partial charge in [-0.2, -0.15) is 18.4 Å². The van der Waals surface area contributed by atoms with Crippen molar-refractivity contribution in [3.63, 3.8) is 0 Å². The second kappa shape index (κ2) is 9.23. The van der Waals surface area contributed by atoms with E-state index < -0.39 is 62.5 Å². The molecular formula is C22H20F3N3O4S. The Hall–Kier alpha value is -3.39. The molecule has 1 heterocycles. The molecule has 3 rings (SSSR count). The Kier molecular flexibility index (Phi) is 6.78. The van der Waals surface area contributed by atoms with Crippen molar-refractivity contribution >= 4 is 21.7 Å². The minimum Gasteiger partial charge on any atom is -0.341 e. The molecule has 33 heavy (non-hydrogen) atoms. The molecule has 0 aromatic heterocycles. The van der Waals surface area contributed by atoms with Gasteiger partial charge in [0.15, 0.2) is 9.84 Å². The lowest BCUT2D eigenvalue weighted by Crippen LogP contribution is -2.46. The summed E-state index contributed by atoms with van der Waals surface area (Å²) in [7, 11) is -4.55. The highest BCUT2D eigenvalue weighted by molar-refractivity contribution is 7.92. The molecule has 7 nitrogen and oxygen atoms in total. The maximum absolute atomic E-state index is 13.4. The predicted octanol–water partition coefficient (Wildman–Crippen LogP) is 2.71. The Morgan fingerprint density at radius 2 is 1.79 bits per heavy atom. The number of hydrogen-bond donors (Lipinski definition) is 1. The third-order valence-corrected chi connectivity index (χ3v) is 7.59. The zero-order valence-electron chi connectivity index (χ0n) is 17.5. The van der Waals surface area contributed by atoms with Crippen LogP contribution in [0.3, 0.4) is 0 Å². The van der Waals surface area contributed by atoms with Gasteiger partial charge >= 0.3 is 6.18 Å². The highest BCUT2D eigenvalue weighted by atomic mass is 32.2. The van der Waals surface area contributed by atoms with E-state index in [0.29, 0.717) is 6.07 Å². The Labute approximate surface area is 188 Å². The van der Waals surface area contributed by atoms with E-state index in [2.05, 4.69) is 5.32 Å². The molecular weight excluding hydrogens is 459 g/mol. The molecule has 1 N–H and O–H groups in total. The van der Waals surface area contributed by atoms with Crippen LogP contribution in [0.25, 0.3) is 0 Å². The lowest BCUT2D eigenvalue weighted by Gasteiger charge is -2.23. The minimum atomic E-state index is -4.90. The molecule has 2 amide bonds. The maximum atomic E-state index is 13.4. The monoisotopic (exact) mass is 479 g/mol. The Balaban J connectivity index is 2.00. The third kappa shape index (κ3) is 5.01. The van der Waals surface area contributed by atoms with Crippen LogP contribution in [0.5, 0.6) is 0 Å². The largest absolute Gasteiger partial charge is 0.417 e. The van der Waals surface area contributed by atoms with Gasteiger partial charge in [0.05, 0.1) is 21.8 Å². The van der Waals surface area contributed by atoms with Crippen LogP contribution in [0.4, 0.5) is 13.2 Å². The summed E-state index contributed by atoms with van der Waals surface area (Å²) in [4.78, 5) is 25.8. The van der Waals surface area contributed by atoms with Crippen molar-refractivity contribution in [3.05, 3.63) is 65.2 Å². The van der Waals surface area contributed by atoms with Gasteiger partial charge in [-0.15, -0.1) is 0 Å². The summed E-state index contributed by atoms with van der Waals surface area (Å²) in [6.45, 7) is 0.977. The van der Waals surface area contributed by atoms with E-state index in [0.717, 1.165) is 22.6 Å². The zero-order chi connectivity index (χ0) is 24.4. The van der Waals surface area contributed by atoms with Crippen LogP contribution in [0.2, 0.25) is 0 Å². The lowest BCUT2D eigenvalue weighted by molar-refractivity contribution is -0.139. The van der Waals surface area contributed by atoms with Crippen LogP contribution in [0, 0.1) is 18.3 Å². The van der Waals surface area contributed by atoms with E-state index in [1.165, 1.54) is 18.2 Å². The average molecular weight is 479 g/mol. The number of carbonyl (C=O) groups is 2. The first-order valence-electron chi connectivity index (χ1n) is 9.89. The highest BCUT2D eigenvalue weighted by Gasteiger charge is 2.47. The molecule has 1 aliphatic heterocycles. The van der Waals surface area contributed by atoms with Gasteiger partial charge in [-0.05, 0) is 37.6 Å². The van der Waals surface area contributed by atoms with E-state index in [1.807, 2.05) is 6.92 Å². The summed E-state index contributed by atoms with van der Waals surface area (Å²) in [5.41, 5.74) is -0.230. The average Bonchev–Trinajstić information content (AvgIpc) is 3.23. The molecule has 2 atom stereocenters. The Morgan fingerprint density at radius 3 is 2.39 bits per heavy atom. The van der Waals surface area contributed by atoms with Crippen LogP contribution >= 0.6 is 0 Å². The summed E-state index contributed by atoms with van der Waals surface area (Å²) in [5, 5.41) is 9.59. The smallest absolute Gasteiger partial charge is 0.341 e. The van der Waals surface area contributed by atoms with E-state index in [4.69, 9.17) is 5.26 Å². The maximum Gasteiger partial charge on any atom is 0.417 e. The van der Waals surface area contributed by atoms with Gasteiger partial charge in [0.25, 0.3) is 5.91 Å². The van der Waals surface area contributed by atoms with Crippen molar-refractivity contribution in [1.82, 2.24) is 10.2 Å². The van der Waals surface area contributed by atoms with Crippen molar-refractivity contribution in [1.29, 1.82) is 5.26 Å². The number of likely N-dealkylation sites (tertiary alicyclic amines) is 1. The van der Waals surface area contributed by atoms with E-state index in [-0.39, 0.29) is 12.1 Å². The van der Waals surface area contributed by atoms with Crippen molar-refractivity contribution in [2.24, 2.45) is 0 Å². The molecule has 174 valence electrons. The third-order valence-electron chi connectivity index (χ3n) is 5.40. The van der Waals surface area contributed by atoms with Crippen LogP contribution < -0.4 is 5.32 Å². The summed E-state index contributed by atoms with van der Waals surface area (Å²) in [6.07, 6.45) is -5.30. The van der Waals surface area contributed by atoms with Gasteiger partial charge in [-0.3, -0.25) is 9.59 Å². The second-order valence-corrected chi connectivity index (χ2v) is 9.81. The number of nitriles is 1. The van der Waals surface area contributed by atoms with Gasteiger partial charge in [-0.1, -0.05) is 29.8 Å². The molecule has 0 spiro atoms. The lowest BCUT2D eigenvalue weighted by atomic mass is 10.1. The number of carbonyl (C=O) groups excluding carboxylic acids is 2. The summed E-state index contributed by atoms with van der Waals surface area (Å²) < 4.78 is 66.8. The van der Waals surface area contributed by atoms with Crippen LogP contribution in [-0.2, 0) is 20.8 Å². The normalized spacial score (nSPS) is 18.6. The number of sulfone groups is 1. The standard InChI is InChI=1S/C22H20F3N3O4S/c1-14-6-8-15(9-7-14)21(30)28-13-16(12-18(28)20(29)27-11-10-26)33(31,32)19-5-3-2-4-17(19)22(23,24)25/h2-9,16,18H,11-13H2,1H3,(H,27,29). The predicted molar refractivity (Wildman–Crippen MR) is 112 cm³/mol. The minimum absolute atomic E-state index is 0.201. The second-order valence-electron chi connectivity index (χ2n) is 7.61. The molecule has 2 unspecified atom stereocenters. The molecule has 0 radical (unpaired) electrons. The topological polar surface area (TPSA) is 107 Å². The van der Waals surface area contributed by atoms with E-state index >= 15 is 0 Å². The molecule has 2 aromatic rings. The van der Waals surface area contributed by atoms with Crippen LogP contribution in [-0.4, -0.2) is 49.5 Å². The number of aryl methyl sites for hydroxylation is 1. The quantitative estimate of drug-likeness (QED) is 0.664. The molecule has 1 fully saturated rings. The van der Waals surface area contributed by atoms with Crippen LogP contribution in [0.1, 0.15) is 27.9 Å². The fraction of sp³-hybridized carbons (Fsp3) is 0.318. The number of alkyl halides is 3. The van der Waals surface area contributed by atoms with Gasteiger partial charge in [-0.25, -0.2) is 8.42 Å². The molecule has 0 saturated carbocycles. The van der Waals surface area contributed by atoms with E-state index in [9.17, 15) is 31.2 Å². The van der Waals surface area contributed by atoms with Gasteiger partial charge < -0.3 is 10.2 Å². The Bertz CT molecular complexity index is 1200. The molecule has 1 saturated heterocycles. The molecule has 11 heteroatoms. The van der Waals surface area contributed by atoms with Crippen LogP contribution in [0.15, 0.2) is 53.4 Å². The number of halogens is 3. The number of nitrogens with one attached hydrogen (secondary N) is 1. The number of rotatable bonds is 5. The number of nitrogens with zero attached hydrogens (tertiary/aromatic N) is 2. The summed E-state index contributed by atoms with van der Waals surface area (Å²) in [6, 6.07) is 10.6. The van der Waals surface area contributed by atoms with Crippen molar-refractivity contribution in [2.45, 2.75) is 35.7 Å². The Morgan fingerprint density at radius 1 is 1.15 bits per heavy atom. The van der Waals surface area contributed by atoms with E-state index in [1.54, 1.807) is 18.2 Å². The van der Waals surface area contributed by atoms with Crippen molar-refractivity contribution < 1.29 is 31.2 Å². The number of hydrogen-bond acceptors (Lipinski definition) is 5. The first-order chi connectivity index (χ1) is 15.5. The van der Waals surface area contributed by atoms with Gasteiger partial charge in [0.2, 0.25) is 5.91 Å².